The lowest BCUT2D eigenvalue weighted by molar-refractivity contribution is 0.0193. The Morgan fingerprint density at radius 1 is 0.651 bits per heavy atom. The first-order valence-corrected chi connectivity index (χ1v) is 12.3. The van der Waals surface area contributed by atoms with Crippen LogP contribution in [0.3, 0.4) is 0 Å². The van der Waals surface area contributed by atoms with Crippen molar-refractivity contribution in [2.24, 2.45) is 0 Å². The zero-order valence-electron chi connectivity index (χ0n) is 21.6. The van der Waals surface area contributed by atoms with Crippen LogP contribution in [0.5, 0.6) is 63.2 Å². The number of carbonyl (C=O) groups is 2. The topological polar surface area (TPSA) is 244 Å². The van der Waals surface area contributed by atoms with Gasteiger partial charge >= 0.3 is 11.9 Å². The van der Waals surface area contributed by atoms with Gasteiger partial charge in [-0.05, 0) is 42.0 Å². The Labute approximate surface area is 240 Å². The zero-order valence-corrected chi connectivity index (χ0v) is 21.6. The first-order valence-electron chi connectivity index (χ1n) is 12.3. The summed E-state index contributed by atoms with van der Waals surface area (Å²) < 4.78 is 16.7. The fourth-order valence-electron chi connectivity index (χ4n) is 4.36. The van der Waals surface area contributed by atoms with E-state index < -0.39 is 70.1 Å². The summed E-state index contributed by atoms with van der Waals surface area (Å²) in [6, 6.07) is 9.40. The molecule has 0 bridgehead atoms. The van der Waals surface area contributed by atoms with Crippen LogP contribution in [0.2, 0.25) is 0 Å². The molecule has 0 amide bonds. The molecule has 2 atom stereocenters. The molecule has 0 unspecified atom stereocenters. The summed E-state index contributed by atoms with van der Waals surface area (Å²) in [6.07, 6.45) is -2.57. The molecular weight excluding hydrogens is 572 g/mol. The molecule has 0 aromatic heterocycles. The summed E-state index contributed by atoms with van der Waals surface area (Å²) in [5.41, 5.74) is -0.354. The number of phenolic OH excluding ortho intramolecular Hbond substituents is 8. The highest BCUT2D eigenvalue weighted by atomic mass is 16.6. The van der Waals surface area contributed by atoms with Crippen molar-refractivity contribution in [2.75, 3.05) is 0 Å². The number of aromatic hydroxyl groups is 8. The smallest absolute Gasteiger partial charge is 0.343 e. The van der Waals surface area contributed by atoms with E-state index in [0.29, 0.717) is 0 Å². The number of fused-ring (bicyclic) bond motifs is 1. The predicted molar refractivity (Wildman–Crippen MR) is 142 cm³/mol. The van der Waals surface area contributed by atoms with Crippen LogP contribution >= 0.6 is 0 Å². The molecule has 0 saturated carbocycles. The summed E-state index contributed by atoms with van der Waals surface area (Å²) in [5, 5.41) is 88.7. The van der Waals surface area contributed by atoms with Crippen molar-refractivity contribution in [3.63, 3.8) is 0 Å². The van der Waals surface area contributed by atoms with E-state index in [-0.39, 0.29) is 45.9 Å². The number of esters is 2. The average molecular weight is 594 g/mol. The van der Waals surface area contributed by atoms with Crippen molar-refractivity contribution >= 4 is 11.9 Å². The van der Waals surface area contributed by atoms with Crippen LogP contribution in [0, 0.1) is 0 Å². The Hall–Kier alpha value is -6.02. The van der Waals surface area contributed by atoms with Gasteiger partial charge in [-0.25, -0.2) is 9.59 Å². The Morgan fingerprint density at radius 2 is 1.19 bits per heavy atom. The summed E-state index contributed by atoms with van der Waals surface area (Å²) >= 11 is 0. The minimum Gasteiger partial charge on any atom is -0.504 e. The number of hydrogen-bond donors (Lipinski definition) is 9. The molecule has 1 aliphatic heterocycles. The molecule has 0 saturated heterocycles. The maximum Gasteiger partial charge on any atom is 0.343 e. The maximum atomic E-state index is 12.9. The molecule has 1 heterocycles. The number of hydrogen-bond acceptors (Lipinski definition) is 14. The summed E-state index contributed by atoms with van der Waals surface area (Å²) in [6.45, 7) is 0. The molecule has 43 heavy (non-hydrogen) atoms. The number of carbonyl (C=O) groups excluding carboxylic acids is 2. The largest absolute Gasteiger partial charge is 0.504 e. The van der Waals surface area contributed by atoms with Gasteiger partial charge in [0, 0.05) is 24.1 Å². The van der Waals surface area contributed by atoms with Gasteiger partial charge in [-0.2, -0.15) is 0 Å². The molecule has 5 rings (SSSR count). The summed E-state index contributed by atoms with van der Waals surface area (Å²) in [5.74, 6) is -8.67. The highest BCUT2D eigenvalue weighted by Gasteiger charge is 2.34. The van der Waals surface area contributed by atoms with Crippen LogP contribution in [-0.4, -0.2) is 64.0 Å². The van der Waals surface area contributed by atoms with Gasteiger partial charge in [0.05, 0.1) is 17.2 Å². The minimum absolute atomic E-state index is 0.0382. The molecule has 4 aromatic carbocycles. The first-order chi connectivity index (χ1) is 20.3. The number of benzene rings is 4. The maximum absolute atomic E-state index is 12.9. The Bertz CT molecular complexity index is 1730. The lowest BCUT2D eigenvalue weighted by Crippen LogP contribution is -2.31. The van der Waals surface area contributed by atoms with E-state index in [0.717, 1.165) is 30.3 Å². The Morgan fingerprint density at radius 3 is 1.72 bits per heavy atom. The molecule has 4 aromatic rings. The van der Waals surface area contributed by atoms with E-state index >= 15 is 0 Å². The van der Waals surface area contributed by atoms with Crippen LogP contribution in [0.1, 0.15) is 37.9 Å². The van der Waals surface area contributed by atoms with E-state index in [9.17, 15) is 55.5 Å². The second kappa shape index (κ2) is 10.8. The van der Waals surface area contributed by atoms with E-state index in [4.69, 9.17) is 14.2 Å². The van der Waals surface area contributed by atoms with E-state index in [1.165, 1.54) is 24.3 Å². The molecule has 0 radical (unpaired) electrons. The number of rotatable bonds is 5. The van der Waals surface area contributed by atoms with Gasteiger partial charge in [0.1, 0.15) is 23.4 Å². The Kier molecular flexibility index (Phi) is 7.13. The summed E-state index contributed by atoms with van der Waals surface area (Å²) in [7, 11) is 0. The molecular formula is C29H22O14. The van der Waals surface area contributed by atoms with Crippen molar-refractivity contribution in [2.45, 2.75) is 18.6 Å². The van der Waals surface area contributed by atoms with Gasteiger partial charge < -0.3 is 60.2 Å². The third-order valence-electron chi connectivity index (χ3n) is 6.51. The zero-order chi connectivity index (χ0) is 31.2. The number of phenols is 8. The first kappa shape index (κ1) is 28.5. The second-order valence-corrected chi connectivity index (χ2v) is 9.46. The van der Waals surface area contributed by atoms with Crippen LogP contribution < -0.4 is 14.2 Å². The van der Waals surface area contributed by atoms with Gasteiger partial charge in [-0.1, -0.05) is 6.07 Å². The van der Waals surface area contributed by atoms with Crippen molar-refractivity contribution in [1.29, 1.82) is 0 Å². The van der Waals surface area contributed by atoms with Gasteiger partial charge in [0.15, 0.2) is 46.0 Å². The van der Waals surface area contributed by atoms with E-state index in [1.807, 2.05) is 0 Å². The molecule has 9 N–H and O–H groups in total. The van der Waals surface area contributed by atoms with Crippen LogP contribution in [0.15, 0.2) is 54.6 Å². The van der Waals surface area contributed by atoms with Gasteiger partial charge in [-0.15, -0.1) is 0 Å². The van der Waals surface area contributed by atoms with Crippen molar-refractivity contribution < 1.29 is 69.8 Å². The lowest BCUT2D eigenvalue weighted by Gasteiger charge is -2.32. The van der Waals surface area contributed by atoms with Crippen LogP contribution in [0.25, 0.3) is 0 Å². The number of aliphatic hydroxyl groups is 1. The van der Waals surface area contributed by atoms with E-state index in [2.05, 4.69) is 0 Å². The normalized spacial score (nSPS) is 15.7. The number of aliphatic hydroxyl groups excluding tert-OH is 1. The molecule has 0 spiro atoms. The molecule has 1 aliphatic rings. The molecule has 222 valence electrons. The third-order valence-corrected chi connectivity index (χ3v) is 6.51. The molecule has 0 fully saturated rings. The average Bonchev–Trinajstić information content (AvgIpc) is 2.95. The Balaban J connectivity index is 1.54. The third kappa shape index (κ3) is 5.49. The fourth-order valence-corrected chi connectivity index (χ4v) is 4.36. The minimum atomic E-state index is -1.27. The highest BCUT2D eigenvalue weighted by molar-refractivity contribution is 5.94. The molecule has 0 aliphatic carbocycles. The van der Waals surface area contributed by atoms with Gasteiger partial charge in [0.2, 0.25) is 0 Å². The SMILES string of the molecule is O=C(Oc1cc(OC(=O)c2cc(O)c(O)c(O)c2)c2c(c1)O[C@H](c1ccc(O)c(O)c1)[C@@H](O)C2)c1cc(O)c(O)c(O)c1. The van der Waals surface area contributed by atoms with Crippen molar-refractivity contribution in [1.82, 2.24) is 0 Å². The monoisotopic (exact) mass is 594 g/mol. The second-order valence-electron chi connectivity index (χ2n) is 9.46. The lowest BCUT2D eigenvalue weighted by atomic mass is 9.93. The number of ether oxygens (including phenoxy) is 3. The van der Waals surface area contributed by atoms with Crippen molar-refractivity contribution in [3.05, 3.63) is 76.9 Å². The highest BCUT2D eigenvalue weighted by Crippen LogP contribution is 2.45. The predicted octanol–water partition coefficient (Wildman–Crippen LogP) is 2.81. The fraction of sp³-hybridized carbons (Fsp3) is 0.103. The van der Waals surface area contributed by atoms with Crippen LogP contribution in [-0.2, 0) is 6.42 Å². The van der Waals surface area contributed by atoms with Gasteiger partial charge in [0.25, 0.3) is 0 Å². The molecule has 14 heteroatoms. The standard InChI is InChI=1S/C29H22O14/c30-16-2-1-11(3-17(16)31)27-22(36)10-15-23(42-27)8-14(41-28(39)12-4-18(32)25(37)19(33)5-12)9-24(15)43-29(40)13-6-20(34)26(38)21(35)7-13/h1-9,22,27,30-38H,10H2/t22-,27+/m0/s1. The van der Waals surface area contributed by atoms with Crippen LogP contribution in [0.4, 0.5) is 0 Å². The van der Waals surface area contributed by atoms with Gasteiger partial charge in [-0.3, -0.25) is 0 Å². The quantitative estimate of drug-likeness (QED) is 0.0916. The van der Waals surface area contributed by atoms with E-state index in [1.54, 1.807) is 0 Å². The van der Waals surface area contributed by atoms with Crippen molar-refractivity contribution in [3.8, 4) is 63.2 Å². The molecule has 14 nitrogen and oxygen atoms in total. The summed E-state index contributed by atoms with van der Waals surface area (Å²) in [4.78, 5) is 25.8.